The van der Waals surface area contributed by atoms with Crippen LogP contribution in [-0.2, 0) is 0 Å². The van der Waals surface area contributed by atoms with E-state index in [4.69, 9.17) is 5.26 Å². The molecule has 1 atom stereocenters. The second-order valence-electron chi connectivity index (χ2n) is 5.47. The topological polar surface area (TPSA) is 62.2 Å². The van der Waals surface area contributed by atoms with Crippen molar-refractivity contribution in [1.82, 2.24) is 0 Å². The van der Waals surface area contributed by atoms with E-state index in [0.717, 1.165) is 18.4 Å². The van der Waals surface area contributed by atoms with Crippen LogP contribution in [0.5, 0.6) is 0 Å². The lowest BCUT2D eigenvalue weighted by atomic mass is 10.0. The summed E-state index contributed by atoms with van der Waals surface area (Å²) in [5, 5.41) is 24.7. The van der Waals surface area contributed by atoms with Gasteiger partial charge in [-0.2, -0.15) is 5.26 Å². The number of benzene rings is 1. The van der Waals surface area contributed by atoms with Crippen molar-refractivity contribution in [3.8, 4) is 6.07 Å². The van der Waals surface area contributed by atoms with Crippen LogP contribution in [0.1, 0.15) is 50.2 Å². The van der Waals surface area contributed by atoms with E-state index in [0.29, 0.717) is 12.1 Å². The number of hydrazone groups is 1. The Balaban J connectivity index is 1.93. The Morgan fingerprint density at radius 1 is 1.33 bits per heavy atom. The minimum absolute atomic E-state index is 0.00334. The van der Waals surface area contributed by atoms with Gasteiger partial charge in [-0.05, 0) is 35.8 Å². The molecule has 0 bridgehead atoms. The van der Waals surface area contributed by atoms with Gasteiger partial charge in [-0.25, -0.2) is 0 Å². The molecule has 0 N–H and O–H groups in total. The molecule has 4 nitrogen and oxygen atoms in total. The standard InChI is InChI=1S/C17H21N3O/c1-2-3-4-5-6-16-13-20(19-17(16)21)12-15-9-7-14(11-18)8-10-15/h7-10,12,16H,2-6,13H2,1H3/b20-12-/t16-/m0/s1. The van der Waals surface area contributed by atoms with Gasteiger partial charge in [0.25, 0.3) is 0 Å². The summed E-state index contributed by atoms with van der Waals surface area (Å²) in [6.07, 6.45) is 7.54. The summed E-state index contributed by atoms with van der Waals surface area (Å²) in [5.41, 5.74) is 1.59. The molecule has 1 aliphatic heterocycles. The minimum Gasteiger partial charge on any atom is -0.857 e. The van der Waals surface area contributed by atoms with E-state index in [1.165, 1.54) is 19.3 Å². The second kappa shape index (κ2) is 7.58. The third-order valence-corrected chi connectivity index (χ3v) is 3.73. The van der Waals surface area contributed by atoms with Gasteiger partial charge < -0.3 is 5.11 Å². The Labute approximate surface area is 126 Å². The Morgan fingerprint density at radius 3 is 2.76 bits per heavy atom. The smallest absolute Gasteiger partial charge is 0.203 e. The largest absolute Gasteiger partial charge is 0.857 e. The van der Waals surface area contributed by atoms with Crippen LogP contribution in [0.2, 0.25) is 0 Å². The summed E-state index contributed by atoms with van der Waals surface area (Å²) in [5.74, 6) is 0.0351. The van der Waals surface area contributed by atoms with E-state index < -0.39 is 0 Å². The van der Waals surface area contributed by atoms with Crippen LogP contribution in [0, 0.1) is 17.2 Å². The van der Waals surface area contributed by atoms with Gasteiger partial charge in [0.05, 0.1) is 17.6 Å². The number of nitriles is 1. The van der Waals surface area contributed by atoms with Crippen LogP contribution in [0.3, 0.4) is 0 Å². The zero-order valence-electron chi connectivity index (χ0n) is 12.5. The van der Waals surface area contributed by atoms with Crippen molar-refractivity contribution in [2.75, 3.05) is 6.54 Å². The van der Waals surface area contributed by atoms with Gasteiger partial charge in [0.1, 0.15) is 0 Å². The lowest BCUT2D eigenvalue weighted by molar-refractivity contribution is -0.523. The first-order valence-electron chi connectivity index (χ1n) is 7.60. The molecule has 110 valence electrons. The van der Waals surface area contributed by atoms with E-state index >= 15 is 0 Å². The Morgan fingerprint density at radius 2 is 2.10 bits per heavy atom. The zero-order chi connectivity index (χ0) is 15.1. The molecule has 4 heteroatoms. The van der Waals surface area contributed by atoms with Gasteiger partial charge in [-0.3, -0.25) is 0 Å². The highest BCUT2D eigenvalue weighted by Gasteiger charge is 2.24. The molecular weight excluding hydrogens is 262 g/mol. The maximum Gasteiger partial charge on any atom is 0.203 e. The van der Waals surface area contributed by atoms with Crippen molar-refractivity contribution < 1.29 is 9.79 Å². The summed E-state index contributed by atoms with van der Waals surface area (Å²) < 4.78 is 1.73. The van der Waals surface area contributed by atoms with Crippen LogP contribution < -0.4 is 5.11 Å². The SMILES string of the molecule is CCCCCC[C@H]1C/[N+](=C/c2ccc(C#N)cc2)N=C1[O-]. The van der Waals surface area contributed by atoms with E-state index in [1.54, 1.807) is 16.8 Å². The van der Waals surface area contributed by atoms with E-state index in [1.807, 2.05) is 18.3 Å². The predicted molar refractivity (Wildman–Crippen MR) is 81.1 cm³/mol. The molecular formula is C17H21N3O. The summed E-state index contributed by atoms with van der Waals surface area (Å²) in [7, 11) is 0. The Bertz CT molecular complexity index is 567. The summed E-state index contributed by atoms with van der Waals surface area (Å²) in [6.45, 7) is 2.86. The number of rotatable bonds is 6. The second-order valence-corrected chi connectivity index (χ2v) is 5.47. The first-order valence-corrected chi connectivity index (χ1v) is 7.60. The summed E-state index contributed by atoms with van der Waals surface area (Å²) >= 11 is 0. The number of hydrogen-bond donors (Lipinski definition) is 0. The van der Waals surface area contributed by atoms with E-state index in [-0.39, 0.29) is 11.8 Å². The van der Waals surface area contributed by atoms with Crippen LogP contribution in [0.4, 0.5) is 0 Å². The molecule has 0 aliphatic carbocycles. The lowest BCUT2D eigenvalue weighted by Gasteiger charge is -2.10. The van der Waals surface area contributed by atoms with Crippen LogP contribution in [0.15, 0.2) is 29.4 Å². The molecule has 0 aromatic heterocycles. The molecule has 0 fully saturated rings. The average molecular weight is 283 g/mol. The quantitative estimate of drug-likeness (QED) is 0.594. The average Bonchev–Trinajstić information content (AvgIpc) is 2.84. The Hall–Kier alpha value is -2.15. The first kappa shape index (κ1) is 15.2. The van der Waals surface area contributed by atoms with Crippen LogP contribution >= 0.6 is 0 Å². The van der Waals surface area contributed by atoms with Crippen LogP contribution in [-0.4, -0.2) is 23.3 Å². The normalized spacial score (nSPS) is 19.5. The van der Waals surface area contributed by atoms with Crippen molar-refractivity contribution in [2.24, 2.45) is 11.0 Å². The number of unbranched alkanes of at least 4 members (excludes halogenated alkanes) is 3. The molecule has 1 aliphatic rings. The molecule has 21 heavy (non-hydrogen) atoms. The van der Waals surface area contributed by atoms with E-state index in [2.05, 4.69) is 18.1 Å². The molecule has 1 aromatic rings. The highest BCUT2D eigenvalue weighted by Crippen LogP contribution is 2.16. The maximum absolute atomic E-state index is 11.9. The van der Waals surface area contributed by atoms with Gasteiger partial charge in [0, 0.05) is 11.5 Å². The summed E-state index contributed by atoms with van der Waals surface area (Å²) in [4.78, 5) is 0. The Kier molecular flexibility index (Phi) is 5.51. The molecule has 0 radical (unpaired) electrons. The van der Waals surface area contributed by atoms with Gasteiger partial charge in [0.15, 0.2) is 6.54 Å². The third-order valence-electron chi connectivity index (χ3n) is 3.73. The van der Waals surface area contributed by atoms with Crippen molar-refractivity contribution >= 4 is 12.1 Å². The third kappa shape index (κ3) is 4.42. The fraction of sp³-hybridized carbons (Fsp3) is 0.471. The molecule has 1 aromatic carbocycles. The molecule has 0 spiro atoms. The lowest BCUT2D eigenvalue weighted by Crippen LogP contribution is -2.25. The first-order chi connectivity index (χ1) is 10.2. The number of nitrogens with zero attached hydrogens (tertiary/aromatic N) is 3. The molecule has 0 amide bonds. The van der Waals surface area contributed by atoms with Crippen molar-refractivity contribution in [2.45, 2.75) is 39.0 Å². The molecule has 0 saturated carbocycles. The maximum atomic E-state index is 11.9. The zero-order valence-corrected chi connectivity index (χ0v) is 12.5. The fourth-order valence-corrected chi connectivity index (χ4v) is 2.48. The van der Waals surface area contributed by atoms with E-state index in [9.17, 15) is 5.11 Å². The minimum atomic E-state index is -0.00334. The van der Waals surface area contributed by atoms with Gasteiger partial charge in [-0.1, -0.05) is 37.3 Å². The predicted octanol–water partition coefficient (Wildman–Crippen LogP) is 2.26. The highest BCUT2D eigenvalue weighted by molar-refractivity contribution is 5.78. The van der Waals surface area contributed by atoms with Crippen LogP contribution in [0.25, 0.3) is 0 Å². The van der Waals surface area contributed by atoms with Crippen molar-refractivity contribution in [1.29, 1.82) is 5.26 Å². The van der Waals surface area contributed by atoms with Gasteiger partial charge >= 0.3 is 0 Å². The van der Waals surface area contributed by atoms with Crippen molar-refractivity contribution in [3.63, 3.8) is 0 Å². The monoisotopic (exact) mass is 283 g/mol. The molecule has 2 rings (SSSR count). The summed E-state index contributed by atoms with van der Waals surface area (Å²) in [6, 6.07) is 9.37. The van der Waals surface area contributed by atoms with Crippen molar-refractivity contribution in [3.05, 3.63) is 35.4 Å². The van der Waals surface area contributed by atoms with Gasteiger partial charge in [0.2, 0.25) is 6.21 Å². The molecule has 1 heterocycles. The highest BCUT2D eigenvalue weighted by atomic mass is 16.3. The molecule has 0 saturated heterocycles. The number of hydrogen-bond acceptors (Lipinski definition) is 3. The van der Waals surface area contributed by atoms with Gasteiger partial charge in [-0.15, -0.1) is 0 Å². The molecule has 0 unspecified atom stereocenters. The fourth-order valence-electron chi connectivity index (χ4n) is 2.48.